The number of fused-ring (bicyclic) bond motifs is 3. The van der Waals surface area contributed by atoms with E-state index in [1.807, 2.05) is 25.1 Å². The lowest BCUT2D eigenvalue weighted by molar-refractivity contribution is -0.144. The predicted molar refractivity (Wildman–Crippen MR) is 146 cm³/mol. The molecular formula is C29H37N3O6S. The van der Waals surface area contributed by atoms with Crippen LogP contribution >= 0.6 is 11.3 Å². The fraction of sp³-hybridized carbons (Fsp3) is 0.621. The van der Waals surface area contributed by atoms with Gasteiger partial charge in [-0.3, -0.25) is 9.59 Å². The number of aromatic nitrogens is 1. The lowest BCUT2D eigenvalue weighted by Crippen LogP contribution is -2.57. The van der Waals surface area contributed by atoms with E-state index in [-0.39, 0.29) is 54.8 Å². The third kappa shape index (κ3) is 4.60. The van der Waals surface area contributed by atoms with Crippen LogP contribution in [0.25, 0.3) is 0 Å². The molecule has 1 aromatic heterocycles. The Morgan fingerprint density at radius 1 is 1.18 bits per heavy atom. The molecule has 2 heterocycles. The Morgan fingerprint density at radius 2 is 1.97 bits per heavy atom. The molecule has 3 aliphatic carbocycles. The number of anilines is 1. The predicted octanol–water partition coefficient (Wildman–Crippen LogP) is 3.73. The van der Waals surface area contributed by atoms with Crippen LogP contribution in [0.2, 0.25) is 0 Å². The van der Waals surface area contributed by atoms with Crippen molar-refractivity contribution in [1.29, 1.82) is 0 Å². The fourth-order valence-electron chi connectivity index (χ4n) is 7.09. The highest BCUT2D eigenvalue weighted by molar-refractivity contribution is 7.15. The quantitative estimate of drug-likeness (QED) is 0.410. The number of hydrogen-bond donors (Lipinski definition) is 4. The lowest BCUT2D eigenvalue weighted by atomic mass is 9.47. The standard InChI is InChI=1S/C29H37N3O6S/c1-28-9-8-23(34)29(2,14-33)22(28)12-21-25(31-27(39-21)32-26(36)17-4-3-5-17)18(28)11-24(35)30-13-16-6-7-19-20(10-16)38-15-37-19/h6-7,10,17-18,22-23,33-34H,3-5,8-9,11-15H2,1-2H3,(H,30,35)(H,31,32,36). The Labute approximate surface area is 232 Å². The average Bonchev–Trinajstić information content (AvgIpc) is 3.51. The smallest absolute Gasteiger partial charge is 0.231 e. The highest BCUT2D eigenvalue weighted by atomic mass is 32.1. The molecule has 0 bridgehead atoms. The highest BCUT2D eigenvalue weighted by Crippen LogP contribution is 2.62. The topological polar surface area (TPSA) is 130 Å². The van der Waals surface area contributed by atoms with Gasteiger partial charge in [-0.2, -0.15) is 0 Å². The van der Waals surface area contributed by atoms with Gasteiger partial charge in [-0.1, -0.05) is 26.3 Å². The minimum Gasteiger partial charge on any atom is -0.454 e. The molecule has 0 saturated heterocycles. The van der Waals surface area contributed by atoms with Crippen molar-refractivity contribution in [2.45, 2.75) is 77.4 Å². The molecular weight excluding hydrogens is 518 g/mol. The van der Waals surface area contributed by atoms with Crippen LogP contribution in [0.3, 0.4) is 0 Å². The maximum atomic E-state index is 13.4. The number of nitrogens with one attached hydrogen (secondary N) is 2. The van der Waals surface area contributed by atoms with E-state index in [0.717, 1.165) is 41.8 Å². The molecule has 2 amide bonds. The largest absolute Gasteiger partial charge is 0.454 e. The first-order valence-corrected chi connectivity index (χ1v) is 14.8. The number of ether oxygens (including phenoxy) is 2. The summed E-state index contributed by atoms with van der Waals surface area (Å²) in [7, 11) is 0. The van der Waals surface area contributed by atoms with Crippen LogP contribution in [0, 0.1) is 22.7 Å². The van der Waals surface area contributed by atoms with Crippen LogP contribution in [0.1, 0.15) is 74.4 Å². The van der Waals surface area contributed by atoms with Gasteiger partial charge >= 0.3 is 0 Å². The van der Waals surface area contributed by atoms with Crippen LogP contribution in [-0.2, 0) is 22.6 Å². The van der Waals surface area contributed by atoms with Gasteiger partial charge in [0.25, 0.3) is 0 Å². The number of hydrogen-bond acceptors (Lipinski definition) is 8. The van der Waals surface area contributed by atoms with E-state index in [1.54, 1.807) is 0 Å². The van der Waals surface area contributed by atoms with E-state index >= 15 is 0 Å². The van der Waals surface area contributed by atoms with Crippen molar-refractivity contribution in [2.75, 3.05) is 18.7 Å². The van der Waals surface area contributed by atoms with Gasteiger partial charge in [0.15, 0.2) is 16.6 Å². The number of aliphatic hydroxyl groups excluding tert-OH is 2. The summed E-state index contributed by atoms with van der Waals surface area (Å²) < 4.78 is 10.8. The van der Waals surface area contributed by atoms with Crippen molar-refractivity contribution in [2.24, 2.45) is 22.7 Å². The van der Waals surface area contributed by atoms with Gasteiger partial charge in [-0.25, -0.2) is 4.98 Å². The van der Waals surface area contributed by atoms with Gasteiger partial charge in [0.1, 0.15) is 0 Å². The minimum atomic E-state index is -0.689. The third-order valence-corrected chi connectivity index (χ3v) is 10.9. The van der Waals surface area contributed by atoms with E-state index < -0.39 is 11.5 Å². The van der Waals surface area contributed by atoms with Crippen LogP contribution in [0.5, 0.6) is 11.5 Å². The van der Waals surface area contributed by atoms with Crippen molar-refractivity contribution in [1.82, 2.24) is 10.3 Å². The summed E-state index contributed by atoms with van der Waals surface area (Å²) in [6.45, 7) is 4.58. The van der Waals surface area contributed by atoms with E-state index in [2.05, 4.69) is 17.6 Å². The van der Waals surface area contributed by atoms with Crippen LogP contribution in [0.15, 0.2) is 18.2 Å². The van der Waals surface area contributed by atoms with Gasteiger partial charge in [-0.05, 0) is 61.1 Å². The number of benzene rings is 1. The normalized spacial score (nSPS) is 31.1. The van der Waals surface area contributed by atoms with Crippen molar-refractivity contribution >= 4 is 28.3 Å². The molecule has 5 atom stereocenters. The van der Waals surface area contributed by atoms with Crippen molar-refractivity contribution in [3.63, 3.8) is 0 Å². The van der Waals surface area contributed by atoms with Crippen LogP contribution < -0.4 is 20.1 Å². The van der Waals surface area contributed by atoms with Gasteiger partial charge in [0.05, 0.1) is 18.4 Å². The maximum absolute atomic E-state index is 13.4. The molecule has 2 aromatic rings. The molecule has 210 valence electrons. The number of thiazole rings is 1. The molecule has 5 unspecified atom stereocenters. The minimum absolute atomic E-state index is 0.0182. The zero-order chi connectivity index (χ0) is 27.4. The Kier molecular flexibility index (Phi) is 6.84. The third-order valence-electron chi connectivity index (χ3n) is 9.92. The molecule has 1 aromatic carbocycles. The second kappa shape index (κ2) is 10.1. The lowest BCUT2D eigenvalue weighted by Gasteiger charge is -2.58. The summed E-state index contributed by atoms with van der Waals surface area (Å²) in [5.74, 6) is 1.13. The first-order valence-electron chi connectivity index (χ1n) is 14.0. The number of aliphatic hydroxyl groups is 2. The Balaban J connectivity index is 1.26. The van der Waals surface area contributed by atoms with Crippen LogP contribution in [0.4, 0.5) is 5.13 Å². The molecule has 2 fully saturated rings. The number of carbonyl (C=O) groups is 2. The number of carbonyl (C=O) groups excluding carboxylic acids is 2. The average molecular weight is 556 g/mol. The van der Waals surface area contributed by atoms with Crippen molar-refractivity contribution < 1.29 is 29.3 Å². The van der Waals surface area contributed by atoms with Crippen molar-refractivity contribution in [3.05, 3.63) is 34.3 Å². The summed E-state index contributed by atoms with van der Waals surface area (Å²) in [6, 6.07) is 5.64. The first-order chi connectivity index (χ1) is 18.7. The van der Waals surface area contributed by atoms with Crippen LogP contribution in [-0.4, -0.2) is 46.5 Å². The number of nitrogens with zero attached hydrogens (tertiary/aromatic N) is 1. The van der Waals surface area contributed by atoms with E-state index in [0.29, 0.717) is 36.0 Å². The SMILES string of the molecule is CC1(CO)C(O)CCC2(C)C(CC(=O)NCc3ccc4c(c3)OCO4)c3nc(NC(=O)C4CCC4)sc3CC12. The van der Waals surface area contributed by atoms with Gasteiger partial charge in [0.2, 0.25) is 18.6 Å². The summed E-state index contributed by atoms with van der Waals surface area (Å²) in [6.07, 6.45) is 4.48. The van der Waals surface area contributed by atoms with E-state index in [4.69, 9.17) is 14.5 Å². The van der Waals surface area contributed by atoms with Gasteiger partial charge in [0, 0.05) is 35.1 Å². The zero-order valence-electron chi connectivity index (χ0n) is 22.5. The van der Waals surface area contributed by atoms with Gasteiger partial charge in [-0.15, -0.1) is 11.3 Å². The first kappa shape index (κ1) is 26.5. The molecule has 10 heteroatoms. The monoisotopic (exact) mass is 555 g/mol. The fourth-order valence-corrected chi connectivity index (χ4v) is 8.16. The summed E-state index contributed by atoms with van der Waals surface area (Å²) in [5.41, 5.74) is 0.760. The van der Waals surface area contributed by atoms with Gasteiger partial charge < -0.3 is 30.3 Å². The second-order valence-corrected chi connectivity index (χ2v) is 13.2. The summed E-state index contributed by atoms with van der Waals surface area (Å²) >= 11 is 1.47. The Hall–Kier alpha value is -2.69. The van der Waals surface area contributed by atoms with E-state index in [1.165, 1.54) is 11.3 Å². The Bertz CT molecular complexity index is 1280. The molecule has 39 heavy (non-hydrogen) atoms. The summed E-state index contributed by atoms with van der Waals surface area (Å²) in [4.78, 5) is 32.0. The molecule has 4 aliphatic rings. The molecule has 1 aliphatic heterocycles. The highest BCUT2D eigenvalue weighted by Gasteiger charge is 2.59. The van der Waals surface area contributed by atoms with E-state index in [9.17, 15) is 19.8 Å². The zero-order valence-corrected chi connectivity index (χ0v) is 23.3. The van der Waals surface area contributed by atoms with Crippen molar-refractivity contribution in [3.8, 4) is 11.5 Å². The molecule has 4 N–H and O–H groups in total. The Morgan fingerprint density at radius 3 is 2.72 bits per heavy atom. The molecule has 6 rings (SSSR count). The summed E-state index contributed by atoms with van der Waals surface area (Å²) in [5, 5.41) is 28.1. The number of amides is 2. The molecule has 0 radical (unpaired) electrons. The molecule has 9 nitrogen and oxygen atoms in total. The molecule has 0 spiro atoms. The number of rotatable bonds is 7. The molecule has 2 saturated carbocycles. The maximum Gasteiger partial charge on any atom is 0.231 e. The second-order valence-electron chi connectivity index (χ2n) is 12.1.